The highest BCUT2D eigenvalue weighted by Gasteiger charge is 2.14. The lowest BCUT2D eigenvalue weighted by Crippen LogP contribution is -2.35. The van der Waals surface area contributed by atoms with Crippen molar-refractivity contribution in [2.45, 2.75) is 20.4 Å². The number of primary amides is 1. The molecule has 0 spiro atoms. The molecule has 2 aromatic rings. The zero-order valence-electron chi connectivity index (χ0n) is 13.5. The van der Waals surface area contributed by atoms with Crippen LogP contribution in [0.3, 0.4) is 0 Å². The van der Waals surface area contributed by atoms with Crippen LogP contribution in [-0.4, -0.2) is 16.5 Å². The van der Waals surface area contributed by atoms with Crippen LogP contribution in [0.15, 0.2) is 42.0 Å². The highest BCUT2D eigenvalue weighted by molar-refractivity contribution is 6.08. The van der Waals surface area contributed by atoms with Gasteiger partial charge in [-0.05, 0) is 37.1 Å². The minimum atomic E-state index is -0.990. The third-order valence-electron chi connectivity index (χ3n) is 3.70. The number of benzene rings is 1. The number of rotatable bonds is 4. The first kappa shape index (κ1) is 17.0. The number of nitrogens with two attached hydrogens (primary N) is 1. The Balaban J connectivity index is 2.34. The van der Waals surface area contributed by atoms with Gasteiger partial charge in [0.15, 0.2) is 0 Å². The number of hydrogen-bond donors (Lipinski definition) is 2. The number of carbonyl (C=O) groups is 2. The van der Waals surface area contributed by atoms with Crippen molar-refractivity contribution in [2.75, 3.05) is 0 Å². The Bertz CT molecular complexity index is 842. The molecule has 0 saturated heterocycles. The van der Waals surface area contributed by atoms with Crippen molar-refractivity contribution in [3.63, 3.8) is 0 Å². The van der Waals surface area contributed by atoms with Crippen LogP contribution in [0, 0.1) is 25.2 Å². The van der Waals surface area contributed by atoms with Gasteiger partial charge in [0.2, 0.25) is 0 Å². The Labute approximate surface area is 140 Å². The van der Waals surface area contributed by atoms with Crippen molar-refractivity contribution in [2.24, 2.45) is 5.73 Å². The lowest BCUT2D eigenvalue weighted by Gasteiger charge is -2.09. The highest BCUT2D eigenvalue weighted by Crippen LogP contribution is 2.19. The van der Waals surface area contributed by atoms with Crippen molar-refractivity contribution in [3.05, 3.63) is 64.5 Å². The number of imide groups is 1. The number of aryl methyl sites for hydroxylation is 1. The Morgan fingerprint density at radius 3 is 2.54 bits per heavy atom. The van der Waals surface area contributed by atoms with Gasteiger partial charge in [0.05, 0.1) is 0 Å². The monoisotopic (exact) mass is 322 g/mol. The van der Waals surface area contributed by atoms with Gasteiger partial charge in [-0.3, -0.25) is 10.1 Å². The molecule has 6 heteroatoms. The van der Waals surface area contributed by atoms with Crippen LogP contribution < -0.4 is 11.1 Å². The molecule has 1 aromatic carbocycles. The third kappa shape index (κ3) is 3.90. The van der Waals surface area contributed by atoms with Gasteiger partial charge in [0.25, 0.3) is 5.91 Å². The molecule has 0 aliphatic carbocycles. The summed E-state index contributed by atoms with van der Waals surface area (Å²) in [5.41, 5.74) is 8.58. The van der Waals surface area contributed by atoms with Crippen molar-refractivity contribution in [3.8, 4) is 6.07 Å². The summed E-state index contributed by atoms with van der Waals surface area (Å²) < 4.78 is 2.10. The molecule has 0 aliphatic rings. The van der Waals surface area contributed by atoms with Gasteiger partial charge < -0.3 is 10.3 Å². The Kier molecular flexibility index (Phi) is 5.17. The minimum absolute atomic E-state index is 0.172. The van der Waals surface area contributed by atoms with Crippen LogP contribution in [0.4, 0.5) is 4.79 Å². The van der Waals surface area contributed by atoms with E-state index in [4.69, 9.17) is 11.0 Å². The minimum Gasteiger partial charge on any atom is -0.351 e. The van der Waals surface area contributed by atoms with Gasteiger partial charge in [0, 0.05) is 17.9 Å². The van der Waals surface area contributed by atoms with Crippen LogP contribution in [0.25, 0.3) is 6.08 Å². The normalized spacial score (nSPS) is 11.0. The van der Waals surface area contributed by atoms with Crippen LogP contribution in [0.1, 0.15) is 22.5 Å². The molecule has 2 rings (SSSR count). The van der Waals surface area contributed by atoms with Crippen molar-refractivity contribution < 1.29 is 9.59 Å². The van der Waals surface area contributed by atoms with Crippen LogP contribution >= 0.6 is 0 Å². The van der Waals surface area contributed by atoms with Crippen molar-refractivity contribution >= 4 is 18.0 Å². The Morgan fingerprint density at radius 1 is 1.29 bits per heavy atom. The maximum Gasteiger partial charge on any atom is 0.319 e. The molecule has 3 N–H and O–H groups in total. The molecule has 0 saturated carbocycles. The van der Waals surface area contributed by atoms with Crippen LogP contribution in [0.2, 0.25) is 0 Å². The molecule has 0 unspecified atom stereocenters. The summed E-state index contributed by atoms with van der Waals surface area (Å²) in [5.74, 6) is -0.808. The van der Waals surface area contributed by atoms with E-state index < -0.39 is 11.9 Å². The van der Waals surface area contributed by atoms with E-state index in [9.17, 15) is 9.59 Å². The van der Waals surface area contributed by atoms with Gasteiger partial charge in [-0.1, -0.05) is 30.3 Å². The van der Waals surface area contributed by atoms with Gasteiger partial charge >= 0.3 is 6.03 Å². The molecule has 0 fully saturated rings. The Morgan fingerprint density at radius 2 is 1.96 bits per heavy atom. The Hall–Kier alpha value is -3.33. The van der Waals surface area contributed by atoms with E-state index in [-0.39, 0.29) is 5.57 Å². The second kappa shape index (κ2) is 7.29. The number of urea groups is 1. The van der Waals surface area contributed by atoms with Crippen molar-refractivity contribution in [1.29, 1.82) is 5.26 Å². The summed E-state index contributed by atoms with van der Waals surface area (Å²) in [6, 6.07) is 12.7. The van der Waals surface area contributed by atoms with Gasteiger partial charge in [-0.25, -0.2) is 4.79 Å². The average molecular weight is 322 g/mol. The second-order valence-corrected chi connectivity index (χ2v) is 5.39. The molecule has 1 aromatic heterocycles. The first-order valence-corrected chi connectivity index (χ1v) is 7.35. The summed E-state index contributed by atoms with van der Waals surface area (Å²) in [7, 11) is 0. The number of amides is 3. The molecule has 0 atom stereocenters. The fraction of sp³-hybridized carbons (Fsp3) is 0.167. The molecule has 0 radical (unpaired) electrons. The number of nitrogens with zero attached hydrogens (tertiary/aromatic N) is 2. The maximum absolute atomic E-state index is 11.8. The van der Waals surface area contributed by atoms with E-state index in [0.717, 1.165) is 22.5 Å². The largest absolute Gasteiger partial charge is 0.351 e. The van der Waals surface area contributed by atoms with Gasteiger partial charge in [0.1, 0.15) is 11.6 Å². The smallest absolute Gasteiger partial charge is 0.319 e. The molecular weight excluding hydrogens is 304 g/mol. The predicted octanol–water partition coefficient (Wildman–Crippen LogP) is 2.26. The highest BCUT2D eigenvalue weighted by atomic mass is 16.2. The summed E-state index contributed by atoms with van der Waals surface area (Å²) >= 11 is 0. The third-order valence-corrected chi connectivity index (χ3v) is 3.70. The summed E-state index contributed by atoms with van der Waals surface area (Å²) in [5, 5.41) is 11.0. The number of hydrogen-bond acceptors (Lipinski definition) is 3. The van der Waals surface area contributed by atoms with Crippen LogP contribution in [0.5, 0.6) is 0 Å². The van der Waals surface area contributed by atoms with Gasteiger partial charge in [-0.15, -0.1) is 0 Å². The lowest BCUT2D eigenvalue weighted by molar-refractivity contribution is -0.115. The van der Waals surface area contributed by atoms with E-state index in [0.29, 0.717) is 6.54 Å². The summed E-state index contributed by atoms with van der Waals surface area (Å²) in [6.45, 7) is 4.58. The van der Waals surface area contributed by atoms with Gasteiger partial charge in [-0.2, -0.15) is 5.26 Å². The first-order chi connectivity index (χ1) is 11.4. The molecule has 0 bridgehead atoms. The molecule has 3 amide bonds. The fourth-order valence-corrected chi connectivity index (χ4v) is 2.47. The standard InChI is InChI=1S/C18H18N4O2/c1-12-8-15(9-16(10-19)17(23)21-18(20)24)13(2)22(12)11-14-6-4-3-5-7-14/h3-9H,11H2,1-2H3,(H3,20,21,23,24)/b16-9-. The number of nitrogens with one attached hydrogen (secondary N) is 1. The van der Waals surface area contributed by atoms with E-state index in [1.807, 2.05) is 55.6 Å². The zero-order chi connectivity index (χ0) is 17.7. The summed E-state index contributed by atoms with van der Waals surface area (Å²) in [4.78, 5) is 22.5. The van der Waals surface area contributed by atoms with E-state index in [1.54, 1.807) is 6.07 Å². The molecule has 6 nitrogen and oxygen atoms in total. The quantitative estimate of drug-likeness (QED) is 0.667. The topological polar surface area (TPSA) is 101 Å². The second-order valence-electron chi connectivity index (χ2n) is 5.39. The molecular formula is C18H18N4O2. The molecule has 1 heterocycles. The number of aromatic nitrogens is 1. The average Bonchev–Trinajstić information content (AvgIpc) is 2.80. The molecule has 122 valence electrons. The number of carbonyl (C=O) groups excluding carboxylic acids is 2. The number of nitriles is 1. The first-order valence-electron chi connectivity index (χ1n) is 7.35. The maximum atomic E-state index is 11.8. The van der Waals surface area contributed by atoms with E-state index >= 15 is 0 Å². The zero-order valence-corrected chi connectivity index (χ0v) is 13.5. The lowest BCUT2D eigenvalue weighted by atomic mass is 10.1. The fourth-order valence-electron chi connectivity index (χ4n) is 2.47. The summed E-state index contributed by atoms with van der Waals surface area (Å²) in [6.07, 6.45) is 1.46. The SMILES string of the molecule is Cc1cc(/C=C(/C#N)C(=O)NC(N)=O)c(C)n1Cc1ccccc1. The molecule has 0 aliphatic heterocycles. The molecule has 24 heavy (non-hydrogen) atoms. The van der Waals surface area contributed by atoms with E-state index in [1.165, 1.54) is 6.08 Å². The van der Waals surface area contributed by atoms with Crippen LogP contribution in [-0.2, 0) is 11.3 Å². The predicted molar refractivity (Wildman–Crippen MR) is 90.8 cm³/mol. The van der Waals surface area contributed by atoms with Crippen molar-refractivity contribution in [1.82, 2.24) is 9.88 Å². The van der Waals surface area contributed by atoms with E-state index in [2.05, 4.69) is 4.57 Å².